The lowest BCUT2D eigenvalue weighted by Gasteiger charge is -2.30. The van der Waals surface area contributed by atoms with Crippen molar-refractivity contribution < 1.29 is 19.7 Å². The number of benzene rings is 3. The van der Waals surface area contributed by atoms with Gasteiger partial charge in [-0.15, -0.1) is 0 Å². The molecule has 2 N–H and O–H groups in total. The summed E-state index contributed by atoms with van der Waals surface area (Å²) in [5.41, 5.74) is -0.00302. The Hall–Kier alpha value is -2.67. The number of rotatable bonds is 8. The Morgan fingerprint density at radius 1 is 0.941 bits per heavy atom. The number of halogens is 1. The van der Waals surface area contributed by atoms with Crippen LogP contribution in [0.25, 0.3) is 0 Å². The number of para-hydroxylation sites is 1. The second kappa shape index (κ2) is 13.9. The third kappa shape index (κ3) is 10.5. The standard InChI is InChI=1S/C22H28BrNO4.C6H6/c1-16(17-9-11-18(23)12-10-17)24(14-13-19(25)15-22(2,3)27)21(26)28-20-7-5-4-6-8-20;1-2-4-6-5-3-1/h4-12,16,19,25,27H,13-15H2,1-3H3;1-6H. The van der Waals surface area contributed by atoms with Gasteiger partial charge in [0.15, 0.2) is 0 Å². The maximum Gasteiger partial charge on any atom is 0.415 e. The zero-order valence-corrected chi connectivity index (χ0v) is 21.6. The smallest absolute Gasteiger partial charge is 0.410 e. The minimum absolute atomic E-state index is 0.237. The molecule has 0 fully saturated rings. The Labute approximate surface area is 211 Å². The van der Waals surface area contributed by atoms with E-state index in [-0.39, 0.29) is 12.5 Å². The Balaban J connectivity index is 0.000000589. The Morgan fingerprint density at radius 2 is 1.44 bits per heavy atom. The number of aliphatic hydroxyl groups excluding tert-OH is 1. The number of hydrogen-bond donors (Lipinski definition) is 2. The molecule has 3 rings (SSSR count). The predicted molar refractivity (Wildman–Crippen MR) is 140 cm³/mol. The van der Waals surface area contributed by atoms with Gasteiger partial charge in [0.25, 0.3) is 0 Å². The molecular formula is C28H34BrNO4. The fourth-order valence-corrected chi connectivity index (χ4v) is 3.63. The molecule has 0 aliphatic carbocycles. The number of amides is 1. The molecule has 0 heterocycles. The minimum Gasteiger partial charge on any atom is -0.410 e. The molecule has 0 radical (unpaired) electrons. The van der Waals surface area contributed by atoms with E-state index in [0.29, 0.717) is 18.7 Å². The number of aliphatic hydroxyl groups is 2. The van der Waals surface area contributed by atoms with Crippen molar-refractivity contribution in [3.05, 3.63) is 101 Å². The van der Waals surface area contributed by atoms with Crippen molar-refractivity contribution in [1.82, 2.24) is 4.90 Å². The summed E-state index contributed by atoms with van der Waals surface area (Å²) in [5.74, 6) is 0.470. The summed E-state index contributed by atoms with van der Waals surface area (Å²) in [6, 6.07) is 28.4. The van der Waals surface area contributed by atoms with Crippen molar-refractivity contribution in [2.24, 2.45) is 0 Å². The van der Waals surface area contributed by atoms with Crippen molar-refractivity contribution in [1.29, 1.82) is 0 Å². The van der Waals surface area contributed by atoms with Crippen LogP contribution in [0.1, 0.15) is 45.2 Å². The van der Waals surface area contributed by atoms with E-state index in [1.165, 1.54) is 0 Å². The van der Waals surface area contributed by atoms with E-state index in [9.17, 15) is 15.0 Å². The first-order valence-corrected chi connectivity index (χ1v) is 12.1. The first-order valence-electron chi connectivity index (χ1n) is 11.3. The molecule has 0 aliphatic rings. The van der Waals surface area contributed by atoms with Crippen molar-refractivity contribution in [2.45, 2.75) is 51.4 Å². The average molecular weight is 528 g/mol. The fraction of sp³-hybridized carbons (Fsp3) is 0.321. The van der Waals surface area contributed by atoms with Gasteiger partial charge in [0, 0.05) is 17.4 Å². The van der Waals surface area contributed by atoms with Gasteiger partial charge in [-0.05, 0) is 57.0 Å². The molecule has 0 saturated carbocycles. The van der Waals surface area contributed by atoms with Gasteiger partial charge in [0.2, 0.25) is 0 Å². The molecule has 0 aliphatic heterocycles. The van der Waals surface area contributed by atoms with Crippen LogP contribution in [-0.2, 0) is 0 Å². The van der Waals surface area contributed by atoms with Crippen LogP contribution < -0.4 is 4.74 Å². The number of ether oxygens (including phenoxy) is 1. The zero-order valence-electron chi connectivity index (χ0n) is 20.0. The summed E-state index contributed by atoms with van der Waals surface area (Å²) in [4.78, 5) is 14.5. The van der Waals surface area contributed by atoms with Gasteiger partial charge in [-0.2, -0.15) is 0 Å². The topological polar surface area (TPSA) is 70.0 Å². The number of carbonyl (C=O) groups excluding carboxylic acids is 1. The lowest BCUT2D eigenvalue weighted by molar-refractivity contribution is 0.0121. The van der Waals surface area contributed by atoms with E-state index < -0.39 is 17.8 Å². The average Bonchev–Trinajstić information content (AvgIpc) is 2.80. The molecule has 0 aromatic heterocycles. The molecule has 0 saturated heterocycles. The second-order valence-electron chi connectivity index (χ2n) is 8.72. The highest BCUT2D eigenvalue weighted by Gasteiger charge is 2.26. The SMILES string of the molecule is CC(c1ccc(Br)cc1)N(CCC(O)CC(C)(C)O)C(=O)Oc1ccccc1.c1ccccc1. The number of nitrogens with zero attached hydrogens (tertiary/aromatic N) is 1. The summed E-state index contributed by atoms with van der Waals surface area (Å²) in [7, 11) is 0. The summed E-state index contributed by atoms with van der Waals surface area (Å²) in [6.07, 6.45) is -0.614. The molecule has 2 unspecified atom stereocenters. The highest BCUT2D eigenvalue weighted by atomic mass is 79.9. The lowest BCUT2D eigenvalue weighted by atomic mass is 9.98. The van der Waals surface area contributed by atoms with E-state index in [1.807, 2.05) is 73.7 Å². The van der Waals surface area contributed by atoms with Crippen molar-refractivity contribution >= 4 is 22.0 Å². The molecule has 6 heteroatoms. The van der Waals surface area contributed by atoms with Gasteiger partial charge in [-0.1, -0.05) is 82.7 Å². The first kappa shape index (κ1) is 27.6. The van der Waals surface area contributed by atoms with Gasteiger partial charge in [0.1, 0.15) is 5.75 Å². The molecular weight excluding hydrogens is 494 g/mol. The largest absolute Gasteiger partial charge is 0.415 e. The monoisotopic (exact) mass is 527 g/mol. The summed E-state index contributed by atoms with van der Waals surface area (Å²) >= 11 is 3.42. The Morgan fingerprint density at radius 3 is 1.94 bits per heavy atom. The minimum atomic E-state index is -0.966. The van der Waals surface area contributed by atoms with Crippen LogP contribution in [0.2, 0.25) is 0 Å². The van der Waals surface area contributed by atoms with Crippen molar-refractivity contribution in [3.8, 4) is 5.75 Å². The highest BCUT2D eigenvalue weighted by molar-refractivity contribution is 9.10. The molecule has 2 atom stereocenters. The molecule has 3 aromatic carbocycles. The van der Waals surface area contributed by atoms with Crippen LogP contribution in [0.15, 0.2) is 95.5 Å². The van der Waals surface area contributed by atoms with E-state index in [1.54, 1.807) is 43.0 Å². The number of hydrogen-bond acceptors (Lipinski definition) is 4. The van der Waals surface area contributed by atoms with Crippen LogP contribution >= 0.6 is 15.9 Å². The van der Waals surface area contributed by atoms with Gasteiger partial charge in [-0.25, -0.2) is 4.79 Å². The summed E-state index contributed by atoms with van der Waals surface area (Å²) < 4.78 is 6.48. The van der Waals surface area contributed by atoms with E-state index in [4.69, 9.17) is 4.74 Å². The van der Waals surface area contributed by atoms with Gasteiger partial charge in [0.05, 0.1) is 17.7 Å². The highest BCUT2D eigenvalue weighted by Crippen LogP contribution is 2.25. The molecule has 34 heavy (non-hydrogen) atoms. The predicted octanol–water partition coefficient (Wildman–Crippen LogP) is 6.61. The van der Waals surface area contributed by atoms with E-state index in [2.05, 4.69) is 15.9 Å². The Bertz CT molecular complexity index is 932. The maximum absolute atomic E-state index is 12.9. The van der Waals surface area contributed by atoms with Crippen LogP contribution in [-0.4, -0.2) is 39.5 Å². The normalized spacial score (nSPS) is 12.6. The first-order chi connectivity index (χ1) is 16.2. The van der Waals surface area contributed by atoms with Crippen molar-refractivity contribution in [3.63, 3.8) is 0 Å². The van der Waals surface area contributed by atoms with E-state index >= 15 is 0 Å². The summed E-state index contributed by atoms with van der Waals surface area (Å²) in [5, 5.41) is 20.1. The maximum atomic E-state index is 12.9. The molecule has 0 bridgehead atoms. The quantitative estimate of drug-likeness (QED) is 0.345. The molecule has 0 spiro atoms. The van der Waals surface area contributed by atoms with Crippen LogP contribution in [0.5, 0.6) is 5.75 Å². The lowest BCUT2D eigenvalue weighted by Crippen LogP contribution is -2.38. The number of carbonyl (C=O) groups is 1. The van der Waals surface area contributed by atoms with Gasteiger partial charge < -0.3 is 19.8 Å². The second-order valence-corrected chi connectivity index (χ2v) is 9.63. The van der Waals surface area contributed by atoms with Gasteiger partial charge >= 0.3 is 6.09 Å². The van der Waals surface area contributed by atoms with Gasteiger partial charge in [-0.3, -0.25) is 0 Å². The van der Waals surface area contributed by atoms with Crippen LogP contribution in [0.3, 0.4) is 0 Å². The fourth-order valence-electron chi connectivity index (χ4n) is 3.36. The molecule has 182 valence electrons. The molecule has 3 aromatic rings. The van der Waals surface area contributed by atoms with Crippen LogP contribution in [0, 0.1) is 0 Å². The zero-order chi connectivity index (χ0) is 25.0. The molecule has 1 amide bonds. The van der Waals surface area contributed by atoms with E-state index in [0.717, 1.165) is 10.0 Å². The summed E-state index contributed by atoms with van der Waals surface area (Å²) in [6.45, 7) is 5.54. The third-order valence-electron chi connectivity index (χ3n) is 5.11. The van der Waals surface area contributed by atoms with Crippen molar-refractivity contribution in [2.75, 3.05) is 6.54 Å². The molecule has 5 nitrogen and oxygen atoms in total. The third-order valence-corrected chi connectivity index (χ3v) is 5.64. The Kier molecular flexibility index (Phi) is 11.3. The van der Waals surface area contributed by atoms with Crippen LogP contribution in [0.4, 0.5) is 4.79 Å².